The Labute approximate surface area is 144 Å². The first-order valence-corrected chi connectivity index (χ1v) is 8.94. The van der Waals surface area contributed by atoms with Gasteiger partial charge in [0.1, 0.15) is 11.6 Å². The van der Waals surface area contributed by atoms with Gasteiger partial charge in [-0.2, -0.15) is 5.26 Å². The highest BCUT2D eigenvalue weighted by Gasteiger charge is 2.51. The SMILES string of the molecule is CC1(C)C(=O)N(c2ccc(C#N)c(Cl)c2)C(=O)N1CCS(N)(=O)=O. The van der Waals surface area contributed by atoms with Crippen molar-refractivity contribution in [2.45, 2.75) is 19.4 Å². The molecule has 1 saturated heterocycles. The summed E-state index contributed by atoms with van der Waals surface area (Å²) in [7, 11) is -3.78. The molecule has 2 N–H and O–H groups in total. The quantitative estimate of drug-likeness (QED) is 0.793. The maximum Gasteiger partial charge on any atom is 0.332 e. The van der Waals surface area contributed by atoms with E-state index in [1.165, 1.54) is 32.0 Å². The van der Waals surface area contributed by atoms with Crippen LogP contribution in [0, 0.1) is 11.3 Å². The van der Waals surface area contributed by atoms with Gasteiger partial charge in [-0.05, 0) is 32.0 Å². The zero-order valence-electron chi connectivity index (χ0n) is 13.0. The van der Waals surface area contributed by atoms with Crippen LogP contribution in [0.5, 0.6) is 0 Å². The molecule has 0 atom stereocenters. The standard InChI is InChI=1S/C14H15ClN4O4S/c1-14(2)12(20)19(10-4-3-9(8-16)11(15)7-10)13(21)18(14)5-6-24(17,22)23/h3-4,7H,5-6H2,1-2H3,(H2,17,22,23). The van der Waals surface area contributed by atoms with Gasteiger partial charge >= 0.3 is 6.03 Å². The van der Waals surface area contributed by atoms with Crippen LogP contribution in [-0.4, -0.2) is 43.1 Å². The molecule has 1 fully saturated rings. The lowest BCUT2D eigenvalue weighted by Crippen LogP contribution is -2.46. The van der Waals surface area contributed by atoms with E-state index < -0.39 is 33.3 Å². The Morgan fingerprint density at radius 3 is 2.46 bits per heavy atom. The van der Waals surface area contributed by atoms with Gasteiger partial charge in [0.2, 0.25) is 10.0 Å². The van der Waals surface area contributed by atoms with Gasteiger partial charge in [0, 0.05) is 6.54 Å². The predicted molar refractivity (Wildman–Crippen MR) is 87.8 cm³/mol. The Hall–Kier alpha value is -2.15. The molecule has 10 heteroatoms. The van der Waals surface area contributed by atoms with Crippen molar-refractivity contribution in [2.75, 3.05) is 17.2 Å². The Morgan fingerprint density at radius 2 is 1.96 bits per heavy atom. The van der Waals surface area contributed by atoms with Crippen molar-refractivity contribution < 1.29 is 18.0 Å². The van der Waals surface area contributed by atoms with Crippen LogP contribution in [0.1, 0.15) is 19.4 Å². The molecule has 128 valence electrons. The van der Waals surface area contributed by atoms with Crippen LogP contribution in [0.4, 0.5) is 10.5 Å². The van der Waals surface area contributed by atoms with Crippen molar-refractivity contribution >= 4 is 39.2 Å². The van der Waals surface area contributed by atoms with E-state index in [4.69, 9.17) is 22.0 Å². The molecule has 2 rings (SSSR count). The number of carbonyl (C=O) groups excluding carboxylic acids is 2. The van der Waals surface area contributed by atoms with Gasteiger partial charge in [-0.15, -0.1) is 0 Å². The first-order chi connectivity index (χ1) is 11.0. The van der Waals surface area contributed by atoms with E-state index in [2.05, 4.69) is 0 Å². The van der Waals surface area contributed by atoms with E-state index in [0.717, 1.165) is 9.80 Å². The highest BCUT2D eigenvalue weighted by molar-refractivity contribution is 7.89. The maximum atomic E-state index is 12.6. The molecule has 1 aromatic carbocycles. The summed E-state index contributed by atoms with van der Waals surface area (Å²) in [4.78, 5) is 27.3. The second-order valence-electron chi connectivity index (χ2n) is 5.78. The van der Waals surface area contributed by atoms with Gasteiger partial charge in [-0.3, -0.25) is 4.79 Å². The van der Waals surface area contributed by atoms with Crippen LogP contribution in [0.25, 0.3) is 0 Å². The van der Waals surface area contributed by atoms with Gasteiger partial charge in [0.15, 0.2) is 0 Å². The Bertz CT molecular complexity index is 860. The summed E-state index contributed by atoms with van der Waals surface area (Å²) in [5.74, 6) is -0.986. The number of sulfonamides is 1. The van der Waals surface area contributed by atoms with Gasteiger partial charge in [-0.25, -0.2) is 23.3 Å². The summed E-state index contributed by atoms with van der Waals surface area (Å²) >= 11 is 5.95. The van der Waals surface area contributed by atoms with Crippen molar-refractivity contribution in [2.24, 2.45) is 5.14 Å². The Morgan fingerprint density at radius 1 is 1.33 bits per heavy atom. The number of nitrogens with two attached hydrogens (primary N) is 1. The van der Waals surface area contributed by atoms with Crippen LogP contribution in [0.3, 0.4) is 0 Å². The predicted octanol–water partition coefficient (Wildman–Crippen LogP) is 1.05. The van der Waals surface area contributed by atoms with Crippen molar-refractivity contribution in [3.05, 3.63) is 28.8 Å². The number of carbonyl (C=O) groups is 2. The van der Waals surface area contributed by atoms with Crippen LogP contribution in [-0.2, 0) is 14.8 Å². The van der Waals surface area contributed by atoms with E-state index in [9.17, 15) is 18.0 Å². The van der Waals surface area contributed by atoms with Gasteiger partial charge < -0.3 is 4.90 Å². The third-order valence-electron chi connectivity index (χ3n) is 3.75. The lowest BCUT2D eigenvalue weighted by Gasteiger charge is -2.27. The molecular formula is C14H15ClN4O4S. The van der Waals surface area contributed by atoms with Crippen LogP contribution >= 0.6 is 11.6 Å². The molecule has 0 aromatic heterocycles. The summed E-state index contributed by atoms with van der Waals surface area (Å²) in [6.45, 7) is 2.82. The number of urea groups is 1. The summed E-state index contributed by atoms with van der Waals surface area (Å²) < 4.78 is 22.3. The summed E-state index contributed by atoms with van der Waals surface area (Å²) in [5, 5.41) is 14.0. The molecule has 1 aromatic rings. The topological polar surface area (TPSA) is 125 Å². The Balaban J connectivity index is 2.39. The first kappa shape index (κ1) is 18.2. The van der Waals surface area contributed by atoms with Crippen molar-refractivity contribution in [1.82, 2.24) is 4.90 Å². The monoisotopic (exact) mass is 370 g/mol. The molecule has 3 amide bonds. The van der Waals surface area contributed by atoms with Crippen molar-refractivity contribution in [3.63, 3.8) is 0 Å². The highest BCUT2D eigenvalue weighted by Crippen LogP contribution is 2.33. The largest absolute Gasteiger partial charge is 0.332 e. The fourth-order valence-electron chi connectivity index (χ4n) is 2.39. The number of anilines is 1. The molecule has 8 nitrogen and oxygen atoms in total. The van der Waals surface area contributed by atoms with Gasteiger partial charge in [0.05, 0.1) is 22.0 Å². The molecule has 0 aliphatic carbocycles. The van der Waals surface area contributed by atoms with E-state index in [0.29, 0.717) is 0 Å². The summed E-state index contributed by atoms with van der Waals surface area (Å²) in [6.07, 6.45) is 0. The van der Waals surface area contributed by atoms with Crippen LogP contribution in [0.15, 0.2) is 18.2 Å². The fourth-order valence-corrected chi connectivity index (χ4v) is 3.04. The molecule has 1 aliphatic heterocycles. The number of rotatable bonds is 4. The molecule has 0 radical (unpaired) electrons. The minimum atomic E-state index is -3.78. The maximum absolute atomic E-state index is 12.6. The number of benzene rings is 1. The smallest absolute Gasteiger partial charge is 0.309 e. The van der Waals surface area contributed by atoms with E-state index in [1.54, 1.807) is 0 Å². The Kier molecular flexibility index (Phi) is 4.59. The summed E-state index contributed by atoms with van der Waals surface area (Å²) in [6, 6.07) is 5.39. The normalized spacial score (nSPS) is 17.3. The van der Waals surface area contributed by atoms with E-state index >= 15 is 0 Å². The molecule has 1 heterocycles. The van der Waals surface area contributed by atoms with Crippen molar-refractivity contribution in [1.29, 1.82) is 5.26 Å². The van der Waals surface area contributed by atoms with Gasteiger partial charge in [0.25, 0.3) is 5.91 Å². The second-order valence-corrected chi connectivity index (χ2v) is 7.92. The molecule has 0 unspecified atom stereocenters. The third-order valence-corrected chi connectivity index (χ3v) is 4.82. The lowest BCUT2D eigenvalue weighted by molar-refractivity contribution is -0.123. The molecule has 0 spiro atoms. The average Bonchev–Trinajstić information content (AvgIpc) is 2.62. The third kappa shape index (κ3) is 3.21. The number of halogens is 1. The molecular weight excluding hydrogens is 356 g/mol. The number of hydrogen-bond donors (Lipinski definition) is 1. The molecule has 24 heavy (non-hydrogen) atoms. The van der Waals surface area contributed by atoms with E-state index in [-0.39, 0.29) is 22.8 Å². The van der Waals surface area contributed by atoms with E-state index in [1.807, 2.05) is 6.07 Å². The highest BCUT2D eigenvalue weighted by atomic mass is 35.5. The minimum Gasteiger partial charge on any atom is -0.309 e. The zero-order valence-corrected chi connectivity index (χ0v) is 14.6. The second kappa shape index (κ2) is 6.05. The van der Waals surface area contributed by atoms with Crippen LogP contribution < -0.4 is 10.0 Å². The fraction of sp³-hybridized carbons (Fsp3) is 0.357. The summed E-state index contributed by atoms with van der Waals surface area (Å²) in [5.41, 5.74) is -0.813. The molecule has 0 saturated carbocycles. The minimum absolute atomic E-state index is 0.108. The van der Waals surface area contributed by atoms with Crippen molar-refractivity contribution in [3.8, 4) is 6.07 Å². The van der Waals surface area contributed by atoms with Crippen LogP contribution in [0.2, 0.25) is 5.02 Å². The van der Waals surface area contributed by atoms with Gasteiger partial charge in [-0.1, -0.05) is 11.6 Å². The lowest BCUT2D eigenvalue weighted by atomic mass is 10.0. The zero-order chi connectivity index (χ0) is 18.3. The number of primary sulfonamides is 1. The average molecular weight is 371 g/mol. The molecule has 1 aliphatic rings. The number of amides is 3. The number of hydrogen-bond acceptors (Lipinski definition) is 5. The molecule has 0 bridgehead atoms. The number of nitrogens with zero attached hydrogens (tertiary/aromatic N) is 3. The number of nitriles is 1. The number of imide groups is 1. The first-order valence-electron chi connectivity index (χ1n) is 6.85.